The summed E-state index contributed by atoms with van der Waals surface area (Å²) in [4.78, 5) is 10.7. The van der Waals surface area contributed by atoms with Gasteiger partial charge in [0.2, 0.25) is 0 Å². The van der Waals surface area contributed by atoms with Gasteiger partial charge in [0, 0.05) is 20.1 Å². The summed E-state index contributed by atoms with van der Waals surface area (Å²) in [5.41, 5.74) is 1.85. The number of rotatable bonds is 3. The van der Waals surface area contributed by atoms with Gasteiger partial charge in [-0.15, -0.1) is 5.10 Å². The lowest BCUT2D eigenvalue weighted by Crippen LogP contribution is -2.35. The van der Waals surface area contributed by atoms with E-state index < -0.39 is 0 Å². The number of fused-ring (bicyclic) bond motifs is 1. The van der Waals surface area contributed by atoms with Gasteiger partial charge in [0.15, 0.2) is 17.0 Å². The third kappa shape index (κ3) is 3.04. The Hall–Kier alpha value is -2.64. The van der Waals surface area contributed by atoms with Crippen molar-refractivity contribution in [1.29, 1.82) is 0 Å². The smallest absolute Gasteiger partial charge is 0.183 e. The SMILES string of the molecule is Cn1nnc2c(N3CCC(Cc4cc(F)ccc4F)CC3)ncnc21. The third-order valence-electron chi connectivity index (χ3n) is 4.80. The van der Waals surface area contributed by atoms with E-state index in [9.17, 15) is 8.78 Å². The lowest BCUT2D eigenvalue weighted by Gasteiger charge is -2.32. The normalized spacial score (nSPS) is 15.9. The van der Waals surface area contributed by atoms with Crippen LogP contribution in [0.15, 0.2) is 24.5 Å². The Kier molecular flexibility index (Phi) is 4.03. The minimum absolute atomic E-state index is 0.326. The summed E-state index contributed by atoms with van der Waals surface area (Å²) >= 11 is 0. The van der Waals surface area contributed by atoms with E-state index in [1.807, 2.05) is 0 Å². The van der Waals surface area contributed by atoms with Crippen LogP contribution in [-0.2, 0) is 13.5 Å². The van der Waals surface area contributed by atoms with Gasteiger partial charge in [0.1, 0.15) is 18.0 Å². The minimum atomic E-state index is -0.389. The molecular weight excluding hydrogens is 326 g/mol. The first-order chi connectivity index (χ1) is 12.1. The van der Waals surface area contributed by atoms with Gasteiger partial charge in [-0.3, -0.25) is 0 Å². The highest BCUT2D eigenvalue weighted by molar-refractivity contribution is 5.82. The van der Waals surface area contributed by atoms with Crippen molar-refractivity contribution in [2.75, 3.05) is 18.0 Å². The fourth-order valence-electron chi connectivity index (χ4n) is 3.43. The average molecular weight is 344 g/mol. The number of benzene rings is 1. The second-order valence-electron chi connectivity index (χ2n) is 6.45. The predicted molar refractivity (Wildman–Crippen MR) is 89.1 cm³/mol. The van der Waals surface area contributed by atoms with E-state index in [4.69, 9.17) is 0 Å². The quantitative estimate of drug-likeness (QED) is 0.731. The molecule has 0 radical (unpaired) electrons. The topological polar surface area (TPSA) is 59.7 Å². The Balaban J connectivity index is 1.47. The van der Waals surface area contributed by atoms with Crippen LogP contribution in [0.5, 0.6) is 0 Å². The van der Waals surface area contributed by atoms with E-state index >= 15 is 0 Å². The third-order valence-corrected chi connectivity index (χ3v) is 4.80. The lowest BCUT2D eigenvalue weighted by atomic mass is 9.90. The minimum Gasteiger partial charge on any atom is -0.355 e. The summed E-state index contributed by atoms with van der Waals surface area (Å²) in [7, 11) is 1.80. The number of piperidine rings is 1. The average Bonchev–Trinajstić information content (AvgIpc) is 3.00. The summed E-state index contributed by atoms with van der Waals surface area (Å²) < 4.78 is 28.8. The molecule has 1 aliphatic heterocycles. The number of nitrogens with zero attached hydrogens (tertiary/aromatic N) is 6. The first-order valence-electron chi connectivity index (χ1n) is 8.31. The van der Waals surface area contributed by atoms with Gasteiger partial charge < -0.3 is 4.90 Å². The summed E-state index contributed by atoms with van der Waals surface area (Å²) in [5, 5.41) is 8.16. The Morgan fingerprint density at radius 3 is 2.76 bits per heavy atom. The van der Waals surface area contributed by atoms with Crippen molar-refractivity contribution in [1.82, 2.24) is 25.0 Å². The molecule has 0 aliphatic carbocycles. The van der Waals surface area contributed by atoms with Crippen LogP contribution in [0.3, 0.4) is 0 Å². The Morgan fingerprint density at radius 2 is 1.96 bits per heavy atom. The molecule has 25 heavy (non-hydrogen) atoms. The molecule has 4 rings (SSSR count). The molecule has 1 aliphatic rings. The molecule has 0 spiro atoms. The Labute approximate surface area is 143 Å². The molecule has 1 fully saturated rings. The van der Waals surface area contributed by atoms with Crippen molar-refractivity contribution < 1.29 is 8.78 Å². The second kappa shape index (κ2) is 6.34. The van der Waals surface area contributed by atoms with Gasteiger partial charge in [-0.2, -0.15) is 0 Å². The van der Waals surface area contributed by atoms with Gasteiger partial charge in [-0.05, 0) is 48.9 Å². The molecular formula is C17H18F2N6. The number of halogens is 2. The summed E-state index contributed by atoms with van der Waals surface area (Å²) in [6.07, 6.45) is 3.86. The van der Waals surface area contributed by atoms with Crippen LogP contribution >= 0.6 is 0 Å². The van der Waals surface area contributed by atoms with E-state index in [0.717, 1.165) is 37.8 Å². The van der Waals surface area contributed by atoms with Gasteiger partial charge in [0.25, 0.3) is 0 Å². The Bertz CT molecular complexity index is 901. The van der Waals surface area contributed by atoms with Gasteiger partial charge in [-0.1, -0.05) is 5.21 Å². The molecule has 0 amide bonds. The van der Waals surface area contributed by atoms with Crippen LogP contribution < -0.4 is 4.90 Å². The van der Waals surface area contributed by atoms with Crippen LogP contribution in [0.2, 0.25) is 0 Å². The van der Waals surface area contributed by atoms with E-state index in [-0.39, 0.29) is 11.6 Å². The zero-order chi connectivity index (χ0) is 17.4. The zero-order valence-electron chi connectivity index (χ0n) is 13.9. The largest absolute Gasteiger partial charge is 0.355 e. The van der Waals surface area contributed by atoms with Gasteiger partial charge >= 0.3 is 0 Å². The van der Waals surface area contributed by atoms with Crippen LogP contribution in [0, 0.1) is 17.6 Å². The molecule has 3 heterocycles. The maximum atomic E-state index is 13.8. The van der Waals surface area contributed by atoms with E-state index in [0.29, 0.717) is 29.1 Å². The van der Waals surface area contributed by atoms with Crippen molar-refractivity contribution >= 4 is 17.0 Å². The molecule has 2 aromatic heterocycles. The molecule has 0 bridgehead atoms. The van der Waals surface area contributed by atoms with E-state index in [1.54, 1.807) is 11.7 Å². The highest BCUT2D eigenvalue weighted by Crippen LogP contribution is 2.28. The lowest BCUT2D eigenvalue weighted by molar-refractivity contribution is 0.396. The van der Waals surface area contributed by atoms with Crippen LogP contribution in [-0.4, -0.2) is 38.1 Å². The van der Waals surface area contributed by atoms with Crippen molar-refractivity contribution in [3.05, 3.63) is 41.7 Å². The summed E-state index contributed by atoms with van der Waals surface area (Å²) in [5.74, 6) is 0.390. The first-order valence-corrected chi connectivity index (χ1v) is 8.31. The highest BCUT2D eigenvalue weighted by Gasteiger charge is 2.24. The number of hydrogen-bond acceptors (Lipinski definition) is 5. The van der Waals surface area contributed by atoms with Crippen molar-refractivity contribution in [3.8, 4) is 0 Å². The summed E-state index contributed by atoms with van der Waals surface area (Å²) in [6.45, 7) is 1.59. The van der Waals surface area contributed by atoms with Crippen LogP contribution in [0.1, 0.15) is 18.4 Å². The maximum Gasteiger partial charge on any atom is 0.183 e. The predicted octanol–water partition coefficient (Wildman–Crippen LogP) is 2.50. The number of anilines is 1. The number of aryl methyl sites for hydroxylation is 1. The van der Waals surface area contributed by atoms with Gasteiger partial charge in [0.05, 0.1) is 0 Å². The highest BCUT2D eigenvalue weighted by atomic mass is 19.1. The van der Waals surface area contributed by atoms with Gasteiger partial charge in [-0.25, -0.2) is 23.4 Å². The van der Waals surface area contributed by atoms with Crippen molar-refractivity contribution in [2.24, 2.45) is 13.0 Å². The Morgan fingerprint density at radius 1 is 1.16 bits per heavy atom. The monoisotopic (exact) mass is 344 g/mol. The van der Waals surface area contributed by atoms with Crippen molar-refractivity contribution in [3.63, 3.8) is 0 Å². The zero-order valence-corrected chi connectivity index (χ0v) is 13.9. The molecule has 0 saturated carbocycles. The molecule has 3 aromatic rings. The number of aromatic nitrogens is 5. The van der Waals surface area contributed by atoms with Crippen LogP contribution in [0.4, 0.5) is 14.6 Å². The molecule has 1 saturated heterocycles. The van der Waals surface area contributed by atoms with E-state index in [2.05, 4.69) is 25.2 Å². The maximum absolute atomic E-state index is 13.8. The second-order valence-corrected chi connectivity index (χ2v) is 6.45. The van der Waals surface area contributed by atoms with Crippen molar-refractivity contribution in [2.45, 2.75) is 19.3 Å². The molecule has 130 valence electrons. The molecule has 0 atom stereocenters. The number of hydrogen-bond donors (Lipinski definition) is 0. The summed E-state index contributed by atoms with van der Waals surface area (Å²) in [6, 6.07) is 3.66. The molecule has 1 aromatic carbocycles. The molecule has 0 N–H and O–H groups in total. The fourth-order valence-corrected chi connectivity index (χ4v) is 3.43. The standard InChI is InChI=1S/C17H18F2N6/c1-24-16-15(22-23-24)17(21-10-20-16)25-6-4-11(5-7-25)8-12-9-13(18)2-3-14(12)19/h2-3,9-11H,4-8H2,1H3. The first kappa shape index (κ1) is 15.9. The molecule has 0 unspecified atom stereocenters. The fraction of sp³-hybridized carbons (Fsp3) is 0.412. The molecule has 6 nitrogen and oxygen atoms in total. The van der Waals surface area contributed by atoms with Crippen LogP contribution in [0.25, 0.3) is 11.2 Å². The molecule has 8 heteroatoms. The van der Waals surface area contributed by atoms with E-state index in [1.165, 1.54) is 18.5 Å².